The summed E-state index contributed by atoms with van der Waals surface area (Å²) in [6.45, 7) is 2.65. The summed E-state index contributed by atoms with van der Waals surface area (Å²) in [6, 6.07) is 3.88. The van der Waals surface area contributed by atoms with E-state index in [9.17, 15) is 0 Å². The molecule has 0 bridgehead atoms. The number of aromatic nitrogens is 3. The predicted molar refractivity (Wildman–Crippen MR) is 73.8 cm³/mol. The van der Waals surface area contributed by atoms with Crippen molar-refractivity contribution < 1.29 is 4.74 Å². The average molecular weight is 276 g/mol. The molecule has 100 valence electrons. The maximum Gasteiger partial charge on any atom is 0.147 e. The lowest BCUT2D eigenvalue weighted by atomic mass is 10.1. The summed E-state index contributed by atoms with van der Waals surface area (Å²) in [5.41, 5.74) is 1.06. The molecule has 1 aliphatic heterocycles. The lowest BCUT2D eigenvalue weighted by molar-refractivity contribution is 0.0209. The van der Waals surface area contributed by atoms with Crippen LogP contribution in [-0.2, 0) is 11.3 Å². The Kier molecular flexibility index (Phi) is 4.12. The Bertz CT molecular complexity index is 510. The van der Waals surface area contributed by atoms with Crippen molar-refractivity contribution in [3.8, 4) is 10.6 Å². The van der Waals surface area contributed by atoms with Gasteiger partial charge in [0.15, 0.2) is 0 Å². The molecule has 0 aromatic carbocycles. The largest absolute Gasteiger partial charge is 0.371 e. The van der Waals surface area contributed by atoms with Gasteiger partial charge in [-0.05, 0) is 38.1 Å². The molecule has 1 saturated heterocycles. The molecule has 19 heavy (non-hydrogen) atoms. The highest BCUT2D eigenvalue weighted by Crippen LogP contribution is 2.23. The van der Waals surface area contributed by atoms with Gasteiger partial charge in [0.05, 0.1) is 6.10 Å². The minimum absolute atomic E-state index is 0.356. The van der Waals surface area contributed by atoms with Crippen LogP contribution in [0.25, 0.3) is 10.6 Å². The second kappa shape index (κ2) is 6.18. The van der Waals surface area contributed by atoms with Gasteiger partial charge in [-0.25, -0.2) is 0 Å². The lowest BCUT2D eigenvalue weighted by Crippen LogP contribution is -2.32. The van der Waals surface area contributed by atoms with Gasteiger partial charge in [-0.2, -0.15) is 0 Å². The average Bonchev–Trinajstić information content (AvgIpc) is 2.96. The third-order valence-electron chi connectivity index (χ3n) is 3.12. The molecule has 0 spiro atoms. The van der Waals surface area contributed by atoms with Crippen molar-refractivity contribution in [3.63, 3.8) is 0 Å². The minimum Gasteiger partial charge on any atom is -0.371 e. The first-order valence-corrected chi connectivity index (χ1v) is 7.28. The number of hydrogen-bond donors (Lipinski definition) is 1. The van der Waals surface area contributed by atoms with Gasteiger partial charge in [-0.1, -0.05) is 11.3 Å². The molecule has 3 heterocycles. The number of pyridine rings is 1. The predicted octanol–water partition coefficient (Wildman–Crippen LogP) is 1.87. The van der Waals surface area contributed by atoms with Gasteiger partial charge in [0, 0.05) is 18.0 Å². The molecular formula is C13H16N4OS. The summed E-state index contributed by atoms with van der Waals surface area (Å²) < 4.78 is 5.87. The van der Waals surface area contributed by atoms with Crippen LogP contribution in [0.3, 0.4) is 0 Å². The summed E-state index contributed by atoms with van der Waals surface area (Å²) in [7, 11) is 0. The zero-order valence-electron chi connectivity index (χ0n) is 10.6. The van der Waals surface area contributed by atoms with Crippen molar-refractivity contribution in [2.24, 2.45) is 0 Å². The van der Waals surface area contributed by atoms with E-state index >= 15 is 0 Å². The SMILES string of the molecule is c1cc(-c2nnc(COC3CCNCC3)s2)ccn1. The maximum absolute atomic E-state index is 5.87. The second-order valence-corrected chi connectivity index (χ2v) is 5.56. The van der Waals surface area contributed by atoms with Crippen LogP contribution in [0.2, 0.25) is 0 Å². The first kappa shape index (κ1) is 12.7. The number of piperidine rings is 1. The molecule has 0 radical (unpaired) electrons. The van der Waals surface area contributed by atoms with Gasteiger partial charge in [0.25, 0.3) is 0 Å². The Balaban J connectivity index is 1.59. The van der Waals surface area contributed by atoms with Crippen LogP contribution >= 0.6 is 11.3 Å². The first-order valence-electron chi connectivity index (χ1n) is 6.47. The lowest BCUT2D eigenvalue weighted by Gasteiger charge is -2.22. The van der Waals surface area contributed by atoms with Crippen molar-refractivity contribution in [1.29, 1.82) is 0 Å². The molecule has 0 unspecified atom stereocenters. The third kappa shape index (κ3) is 3.34. The topological polar surface area (TPSA) is 59.9 Å². The Hall–Kier alpha value is -1.37. The van der Waals surface area contributed by atoms with E-state index in [2.05, 4.69) is 20.5 Å². The molecule has 0 atom stereocenters. The summed E-state index contributed by atoms with van der Waals surface area (Å²) in [4.78, 5) is 4.00. The zero-order chi connectivity index (χ0) is 12.9. The number of nitrogens with zero attached hydrogens (tertiary/aromatic N) is 3. The van der Waals surface area contributed by atoms with E-state index in [0.717, 1.165) is 41.5 Å². The van der Waals surface area contributed by atoms with Crippen molar-refractivity contribution in [2.45, 2.75) is 25.6 Å². The highest BCUT2D eigenvalue weighted by atomic mass is 32.1. The van der Waals surface area contributed by atoms with E-state index in [1.54, 1.807) is 23.7 Å². The van der Waals surface area contributed by atoms with Gasteiger partial charge >= 0.3 is 0 Å². The van der Waals surface area contributed by atoms with E-state index in [0.29, 0.717) is 12.7 Å². The van der Waals surface area contributed by atoms with Crippen molar-refractivity contribution in [1.82, 2.24) is 20.5 Å². The van der Waals surface area contributed by atoms with Gasteiger partial charge in [-0.3, -0.25) is 4.98 Å². The number of hydrogen-bond acceptors (Lipinski definition) is 6. The number of nitrogens with one attached hydrogen (secondary N) is 1. The molecule has 5 nitrogen and oxygen atoms in total. The smallest absolute Gasteiger partial charge is 0.147 e. The van der Waals surface area contributed by atoms with Gasteiger partial charge in [-0.15, -0.1) is 10.2 Å². The molecule has 3 rings (SSSR count). The van der Waals surface area contributed by atoms with Crippen LogP contribution < -0.4 is 5.32 Å². The third-order valence-corrected chi connectivity index (χ3v) is 4.07. The Morgan fingerprint density at radius 3 is 2.79 bits per heavy atom. The van der Waals surface area contributed by atoms with Crippen LogP contribution in [0.5, 0.6) is 0 Å². The Morgan fingerprint density at radius 1 is 1.21 bits per heavy atom. The van der Waals surface area contributed by atoms with E-state index < -0.39 is 0 Å². The molecule has 6 heteroatoms. The first-order chi connectivity index (χ1) is 9.42. The van der Waals surface area contributed by atoms with E-state index in [1.807, 2.05) is 12.1 Å². The molecule has 2 aromatic rings. The van der Waals surface area contributed by atoms with E-state index in [-0.39, 0.29) is 0 Å². The fourth-order valence-electron chi connectivity index (χ4n) is 2.07. The van der Waals surface area contributed by atoms with E-state index in [1.165, 1.54) is 0 Å². The van der Waals surface area contributed by atoms with Gasteiger partial charge in [0.2, 0.25) is 0 Å². The van der Waals surface area contributed by atoms with Crippen molar-refractivity contribution in [3.05, 3.63) is 29.5 Å². The summed E-state index contributed by atoms with van der Waals surface area (Å²) in [6.07, 6.45) is 6.05. The molecule has 0 aliphatic carbocycles. The normalized spacial score (nSPS) is 16.6. The number of rotatable bonds is 4. The van der Waals surface area contributed by atoms with Crippen LogP contribution in [0.4, 0.5) is 0 Å². The molecule has 1 aliphatic rings. The van der Waals surface area contributed by atoms with Crippen LogP contribution in [0.1, 0.15) is 17.8 Å². The fraction of sp³-hybridized carbons (Fsp3) is 0.462. The molecule has 0 amide bonds. The van der Waals surface area contributed by atoms with Crippen LogP contribution in [0, 0.1) is 0 Å². The van der Waals surface area contributed by atoms with Gasteiger partial charge < -0.3 is 10.1 Å². The maximum atomic E-state index is 5.87. The molecular weight excluding hydrogens is 260 g/mol. The second-order valence-electron chi connectivity index (χ2n) is 4.50. The fourth-order valence-corrected chi connectivity index (χ4v) is 2.84. The van der Waals surface area contributed by atoms with E-state index in [4.69, 9.17) is 4.74 Å². The van der Waals surface area contributed by atoms with Crippen molar-refractivity contribution >= 4 is 11.3 Å². The highest BCUT2D eigenvalue weighted by molar-refractivity contribution is 7.14. The number of ether oxygens (including phenoxy) is 1. The summed E-state index contributed by atoms with van der Waals surface area (Å²) in [5, 5.41) is 13.6. The Morgan fingerprint density at radius 2 is 2.00 bits per heavy atom. The van der Waals surface area contributed by atoms with Crippen LogP contribution in [-0.4, -0.2) is 34.4 Å². The standard InChI is InChI=1S/C13H16N4OS/c1-5-14-6-2-10(1)13-17-16-12(19-13)9-18-11-3-7-15-8-4-11/h1-2,5-6,11,15H,3-4,7-9H2. The monoisotopic (exact) mass is 276 g/mol. The Labute approximate surface area is 116 Å². The molecule has 2 aromatic heterocycles. The summed E-state index contributed by atoms with van der Waals surface area (Å²) in [5.74, 6) is 0. The van der Waals surface area contributed by atoms with Crippen LogP contribution in [0.15, 0.2) is 24.5 Å². The van der Waals surface area contributed by atoms with Crippen molar-refractivity contribution in [2.75, 3.05) is 13.1 Å². The summed E-state index contributed by atoms with van der Waals surface area (Å²) >= 11 is 1.58. The molecule has 1 fully saturated rings. The molecule has 0 saturated carbocycles. The zero-order valence-corrected chi connectivity index (χ0v) is 11.4. The van der Waals surface area contributed by atoms with Gasteiger partial charge in [0.1, 0.15) is 16.6 Å². The highest BCUT2D eigenvalue weighted by Gasteiger charge is 2.14. The molecule has 1 N–H and O–H groups in total. The minimum atomic E-state index is 0.356. The quantitative estimate of drug-likeness (QED) is 0.923.